The summed E-state index contributed by atoms with van der Waals surface area (Å²) in [7, 11) is 0. The van der Waals surface area contributed by atoms with Crippen molar-refractivity contribution in [1.82, 2.24) is 31.3 Å². The number of aromatic nitrogens is 4. The summed E-state index contributed by atoms with van der Waals surface area (Å²) in [5.41, 5.74) is 0. The molecule has 1 atom stereocenters. The van der Waals surface area contributed by atoms with Crippen LogP contribution in [0.25, 0.3) is 0 Å². The van der Waals surface area contributed by atoms with E-state index < -0.39 is 0 Å². The summed E-state index contributed by atoms with van der Waals surface area (Å²) in [6, 6.07) is -0.302. The lowest BCUT2D eigenvalue weighted by atomic mass is 10.3. The molecule has 0 aromatic carbocycles. The smallest absolute Gasteiger partial charge is 0.222 e. The van der Waals surface area contributed by atoms with Crippen LogP contribution in [0.4, 0.5) is 0 Å². The molecular formula is C8H14N6O2. The molecule has 8 heteroatoms. The normalized spacial score (nSPS) is 11.9. The highest BCUT2D eigenvalue weighted by Crippen LogP contribution is 2.02. The zero-order chi connectivity index (χ0) is 12.0. The molecule has 1 rings (SSSR count). The van der Waals surface area contributed by atoms with Crippen LogP contribution in [-0.4, -0.2) is 39.0 Å². The van der Waals surface area contributed by atoms with Crippen LogP contribution < -0.4 is 10.6 Å². The maximum absolute atomic E-state index is 11.4. The number of nitrogens with zero attached hydrogens (tertiary/aromatic N) is 3. The molecule has 0 aliphatic carbocycles. The van der Waals surface area contributed by atoms with Crippen LogP contribution in [0.2, 0.25) is 0 Å². The Morgan fingerprint density at radius 1 is 1.50 bits per heavy atom. The van der Waals surface area contributed by atoms with Crippen LogP contribution in [0.3, 0.4) is 0 Å². The second-order valence-corrected chi connectivity index (χ2v) is 3.29. The lowest BCUT2D eigenvalue weighted by molar-refractivity contribution is -0.122. The summed E-state index contributed by atoms with van der Waals surface area (Å²) in [6.45, 7) is 3.47. The molecule has 1 aromatic heterocycles. The van der Waals surface area contributed by atoms with Gasteiger partial charge in [0.1, 0.15) is 0 Å². The Hall–Kier alpha value is -1.99. The van der Waals surface area contributed by atoms with E-state index in [4.69, 9.17) is 0 Å². The van der Waals surface area contributed by atoms with Crippen molar-refractivity contribution in [2.45, 2.75) is 26.3 Å². The first-order chi connectivity index (χ1) is 7.59. The van der Waals surface area contributed by atoms with Crippen molar-refractivity contribution in [1.29, 1.82) is 0 Å². The van der Waals surface area contributed by atoms with Crippen molar-refractivity contribution in [2.24, 2.45) is 0 Å². The molecule has 2 amide bonds. The molecule has 1 heterocycles. The van der Waals surface area contributed by atoms with E-state index in [-0.39, 0.29) is 24.3 Å². The van der Waals surface area contributed by atoms with Crippen LogP contribution in [0.15, 0.2) is 0 Å². The van der Waals surface area contributed by atoms with Crippen molar-refractivity contribution in [3.05, 3.63) is 5.82 Å². The molecule has 1 aromatic rings. The molecular weight excluding hydrogens is 212 g/mol. The number of H-pyrrole nitrogens is 1. The van der Waals surface area contributed by atoms with Gasteiger partial charge in [-0.3, -0.25) is 9.59 Å². The molecule has 0 fully saturated rings. The van der Waals surface area contributed by atoms with Crippen molar-refractivity contribution in [2.75, 3.05) is 6.54 Å². The van der Waals surface area contributed by atoms with Crippen molar-refractivity contribution in [3.8, 4) is 0 Å². The Bertz CT molecular complexity index is 349. The first-order valence-electron chi connectivity index (χ1n) is 4.86. The van der Waals surface area contributed by atoms with Gasteiger partial charge < -0.3 is 10.6 Å². The van der Waals surface area contributed by atoms with Gasteiger partial charge in [-0.05, 0) is 6.92 Å². The average molecular weight is 226 g/mol. The van der Waals surface area contributed by atoms with Gasteiger partial charge in [-0.1, -0.05) is 5.21 Å². The lowest BCUT2D eigenvalue weighted by Crippen LogP contribution is -2.31. The molecule has 88 valence electrons. The number of tetrazole rings is 1. The van der Waals surface area contributed by atoms with Crippen LogP contribution in [0, 0.1) is 0 Å². The lowest BCUT2D eigenvalue weighted by Gasteiger charge is -2.09. The van der Waals surface area contributed by atoms with Gasteiger partial charge in [0.2, 0.25) is 11.8 Å². The maximum atomic E-state index is 11.4. The number of carbonyl (C=O) groups excluding carboxylic acids is 2. The Morgan fingerprint density at radius 3 is 2.81 bits per heavy atom. The van der Waals surface area contributed by atoms with E-state index >= 15 is 0 Å². The van der Waals surface area contributed by atoms with Gasteiger partial charge in [0.05, 0.1) is 6.04 Å². The van der Waals surface area contributed by atoms with Crippen LogP contribution >= 0.6 is 0 Å². The number of amides is 2. The van der Waals surface area contributed by atoms with Gasteiger partial charge in [-0.15, -0.1) is 10.2 Å². The van der Waals surface area contributed by atoms with E-state index in [0.717, 1.165) is 0 Å². The molecule has 0 bridgehead atoms. The van der Waals surface area contributed by atoms with Crippen molar-refractivity contribution < 1.29 is 9.59 Å². The van der Waals surface area contributed by atoms with Gasteiger partial charge in [-0.25, -0.2) is 0 Å². The highest BCUT2D eigenvalue weighted by Gasteiger charge is 2.12. The van der Waals surface area contributed by atoms with E-state index in [1.54, 1.807) is 6.92 Å². The Labute approximate surface area is 92.2 Å². The summed E-state index contributed by atoms with van der Waals surface area (Å²) in [4.78, 5) is 21.9. The molecule has 0 saturated carbocycles. The van der Waals surface area contributed by atoms with Gasteiger partial charge in [-0.2, -0.15) is 5.21 Å². The highest BCUT2D eigenvalue weighted by molar-refractivity contribution is 5.78. The minimum Gasteiger partial charge on any atom is -0.356 e. The molecule has 16 heavy (non-hydrogen) atoms. The monoisotopic (exact) mass is 226 g/mol. The zero-order valence-corrected chi connectivity index (χ0v) is 9.15. The number of rotatable bonds is 5. The zero-order valence-electron chi connectivity index (χ0n) is 9.15. The fourth-order valence-corrected chi connectivity index (χ4v) is 1.08. The fourth-order valence-electron chi connectivity index (χ4n) is 1.08. The predicted octanol–water partition coefficient (Wildman–Crippen LogP) is -1.10. The van der Waals surface area contributed by atoms with Crippen molar-refractivity contribution in [3.63, 3.8) is 0 Å². The van der Waals surface area contributed by atoms with Gasteiger partial charge >= 0.3 is 0 Å². The summed E-state index contributed by atoms with van der Waals surface area (Å²) in [5, 5.41) is 18.4. The molecule has 8 nitrogen and oxygen atoms in total. The maximum Gasteiger partial charge on any atom is 0.222 e. The third-order valence-corrected chi connectivity index (χ3v) is 1.85. The number of carbonyl (C=O) groups is 2. The second-order valence-electron chi connectivity index (χ2n) is 3.29. The molecule has 0 aliphatic heterocycles. The van der Waals surface area contributed by atoms with Crippen molar-refractivity contribution >= 4 is 11.8 Å². The Morgan fingerprint density at radius 2 is 2.25 bits per heavy atom. The van der Waals surface area contributed by atoms with E-state index in [1.807, 2.05) is 0 Å². The third-order valence-electron chi connectivity index (χ3n) is 1.85. The second kappa shape index (κ2) is 5.79. The quantitative estimate of drug-likeness (QED) is 0.590. The van der Waals surface area contributed by atoms with Gasteiger partial charge in [0.15, 0.2) is 5.82 Å². The van der Waals surface area contributed by atoms with Crippen LogP contribution in [0.5, 0.6) is 0 Å². The largest absolute Gasteiger partial charge is 0.356 e. The van der Waals surface area contributed by atoms with E-state index in [1.165, 1.54) is 6.92 Å². The third kappa shape index (κ3) is 4.03. The van der Waals surface area contributed by atoms with Gasteiger partial charge in [0, 0.05) is 19.9 Å². The molecule has 0 saturated heterocycles. The first-order valence-corrected chi connectivity index (χ1v) is 4.86. The molecule has 0 spiro atoms. The van der Waals surface area contributed by atoms with E-state index in [2.05, 4.69) is 31.3 Å². The summed E-state index contributed by atoms with van der Waals surface area (Å²) < 4.78 is 0. The number of nitrogens with one attached hydrogen (secondary N) is 3. The van der Waals surface area contributed by atoms with Gasteiger partial charge in [0.25, 0.3) is 0 Å². The molecule has 0 radical (unpaired) electrons. The highest BCUT2D eigenvalue weighted by atomic mass is 16.2. The average Bonchev–Trinajstić information content (AvgIpc) is 2.69. The minimum absolute atomic E-state index is 0.154. The van der Waals surface area contributed by atoms with Crippen LogP contribution in [-0.2, 0) is 9.59 Å². The molecule has 0 aliphatic rings. The standard InChI is InChI=1S/C8H14N6O2/c1-5(8-11-13-14-12-8)10-7(16)3-4-9-6(2)15/h5H,3-4H2,1-2H3,(H,9,15)(H,10,16)(H,11,12,13,14). The summed E-state index contributed by atoms with van der Waals surface area (Å²) >= 11 is 0. The predicted molar refractivity (Wildman–Crippen MR) is 54.0 cm³/mol. The summed E-state index contributed by atoms with van der Waals surface area (Å²) in [6.07, 6.45) is 0.224. The fraction of sp³-hybridized carbons (Fsp3) is 0.625. The minimum atomic E-state index is -0.302. The number of aromatic amines is 1. The Kier molecular flexibility index (Phi) is 4.37. The molecule has 3 N–H and O–H groups in total. The SMILES string of the molecule is CC(=O)NCCC(=O)NC(C)c1nn[nH]n1. The topological polar surface area (TPSA) is 113 Å². The van der Waals surface area contributed by atoms with Crippen LogP contribution in [0.1, 0.15) is 32.1 Å². The van der Waals surface area contributed by atoms with E-state index in [9.17, 15) is 9.59 Å². The van der Waals surface area contributed by atoms with E-state index in [0.29, 0.717) is 12.4 Å². The molecule has 1 unspecified atom stereocenters. The summed E-state index contributed by atoms with van der Waals surface area (Å²) in [5.74, 6) is 0.0953. The first kappa shape index (κ1) is 12.1. The number of hydrogen-bond donors (Lipinski definition) is 3. The Balaban J connectivity index is 2.26. The number of hydrogen-bond acceptors (Lipinski definition) is 5.